The van der Waals surface area contributed by atoms with Crippen LogP contribution in [0, 0.1) is 5.82 Å². The van der Waals surface area contributed by atoms with Gasteiger partial charge in [-0.25, -0.2) is 9.23 Å². The Morgan fingerprint density at radius 2 is 2.35 bits per heavy atom. The molecule has 3 nitrogen and oxygen atoms in total. The van der Waals surface area contributed by atoms with Crippen molar-refractivity contribution in [3.05, 3.63) is 34.1 Å². The van der Waals surface area contributed by atoms with E-state index in [1.54, 1.807) is 13.0 Å². The molecule has 0 unspecified atom stereocenters. The first kappa shape index (κ1) is 14.4. The Labute approximate surface area is 113 Å². The van der Waals surface area contributed by atoms with Crippen molar-refractivity contribution < 1.29 is 13.9 Å². The Balaban J connectivity index is 2.82. The molecule has 0 spiro atoms. The van der Waals surface area contributed by atoms with Gasteiger partial charge in [-0.3, -0.25) is 4.79 Å². The smallest absolute Gasteiger partial charge is 0.307 e. The Bertz CT molecular complexity index is 403. The average molecular weight is 325 g/mol. The summed E-state index contributed by atoms with van der Waals surface area (Å²) in [7, 11) is 0. The highest BCUT2D eigenvalue weighted by Gasteiger charge is 2.18. The molecule has 1 aromatic rings. The summed E-state index contributed by atoms with van der Waals surface area (Å²) in [6, 6.07) is 3.78. The fourth-order valence-electron chi connectivity index (χ4n) is 1.38. The van der Waals surface area contributed by atoms with Crippen LogP contribution >= 0.6 is 27.7 Å². The molecule has 6 heteroatoms. The van der Waals surface area contributed by atoms with Gasteiger partial charge in [-0.2, -0.15) is 0 Å². The third-order valence-electron chi connectivity index (χ3n) is 2.15. The second-order valence-corrected chi connectivity index (χ2v) is 4.41. The average Bonchev–Trinajstić information content (AvgIpc) is 2.27. The van der Waals surface area contributed by atoms with Crippen LogP contribution in [0.25, 0.3) is 0 Å². The maximum absolute atomic E-state index is 12.9. The second-order valence-electron chi connectivity index (χ2n) is 3.34. The SMILES string of the molecule is CCOC(=O)C[C@@H](NCl)c1ccc(F)cc1Br. The molecule has 1 atom stereocenters. The van der Waals surface area contributed by atoms with E-state index in [0.717, 1.165) is 0 Å². The number of halogens is 3. The minimum Gasteiger partial charge on any atom is -0.466 e. The van der Waals surface area contributed by atoms with Crippen LogP contribution in [0.4, 0.5) is 4.39 Å². The van der Waals surface area contributed by atoms with Crippen molar-refractivity contribution in [2.45, 2.75) is 19.4 Å². The highest BCUT2D eigenvalue weighted by atomic mass is 79.9. The summed E-state index contributed by atoms with van der Waals surface area (Å²) in [5.41, 5.74) is 0.703. The lowest BCUT2D eigenvalue weighted by Crippen LogP contribution is -2.18. The van der Waals surface area contributed by atoms with E-state index in [9.17, 15) is 9.18 Å². The quantitative estimate of drug-likeness (QED) is 0.667. The highest BCUT2D eigenvalue weighted by Crippen LogP contribution is 2.27. The van der Waals surface area contributed by atoms with Gasteiger partial charge in [0.2, 0.25) is 0 Å². The topological polar surface area (TPSA) is 38.3 Å². The van der Waals surface area contributed by atoms with Crippen molar-refractivity contribution in [2.75, 3.05) is 6.61 Å². The van der Waals surface area contributed by atoms with Crippen LogP contribution in [0.15, 0.2) is 22.7 Å². The van der Waals surface area contributed by atoms with E-state index in [1.807, 2.05) is 0 Å². The third kappa shape index (κ3) is 4.26. The number of hydrogen-bond acceptors (Lipinski definition) is 3. The first-order valence-electron chi connectivity index (χ1n) is 5.05. The van der Waals surface area contributed by atoms with Crippen molar-refractivity contribution in [1.82, 2.24) is 4.84 Å². The summed E-state index contributed by atoms with van der Waals surface area (Å²) < 4.78 is 18.3. The van der Waals surface area contributed by atoms with Crippen molar-refractivity contribution in [3.8, 4) is 0 Å². The molecule has 0 aliphatic rings. The Kier molecular flexibility index (Phi) is 5.88. The lowest BCUT2D eigenvalue weighted by molar-refractivity contribution is -0.143. The Hall–Kier alpha value is -0.650. The minimum absolute atomic E-state index is 0.0849. The predicted molar refractivity (Wildman–Crippen MR) is 67.1 cm³/mol. The molecule has 1 N–H and O–H groups in total. The first-order valence-corrected chi connectivity index (χ1v) is 6.22. The lowest BCUT2D eigenvalue weighted by atomic mass is 10.0. The monoisotopic (exact) mass is 323 g/mol. The highest BCUT2D eigenvalue weighted by molar-refractivity contribution is 9.10. The summed E-state index contributed by atoms with van der Waals surface area (Å²) in [5.74, 6) is -0.716. The van der Waals surface area contributed by atoms with Gasteiger partial charge in [0.1, 0.15) is 5.82 Å². The van der Waals surface area contributed by atoms with Crippen LogP contribution in [0.2, 0.25) is 0 Å². The molecule has 17 heavy (non-hydrogen) atoms. The van der Waals surface area contributed by atoms with E-state index in [1.165, 1.54) is 12.1 Å². The molecule has 0 aromatic heterocycles. The van der Waals surface area contributed by atoms with Crippen molar-refractivity contribution >= 4 is 33.7 Å². The number of carbonyl (C=O) groups is 1. The standard InChI is InChI=1S/C11H12BrClFNO2/c1-2-17-11(16)6-10(15-13)8-4-3-7(14)5-9(8)12/h3-5,10,15H,2,6H2,1H3/t10-/m1/s1. The zero-order valence-corrected chi connectivity index (χ0v) is 11.5. The van der Waals surface area contributed by atoms with Gasteiger partial charge in [0.15, 0.2) is 0 Å². The molecule has 0 bridgehead atoms. The molecular weight excluding hydrogens is 312 g/mol. The number of nitrogens with one attached hydrogen (secondary N) is 1. The van der Waals surface area contributed by atoms with E-state index in [2.05, 4.69) is 20.8 Å². The number of rotatable bonds is 5. The van der Waals surface area contributed by atoms with Gasteiger partial charge < -0.3 is 4.74 Å². The van der Waals surface area contributed by atoms with Crippen LogP contribution < -0.4 is 4.84 Å². The second kappa shape index (κ2) is 6.93. The molecule has 1 aromatic carbocycles. The van der Waals surface area contributed by atoms with Crippen LogP contribution in [-0.4, -0.2) is 12.6 Å². The third-order valence-corrected chi connectivity index (χ3v) is 3.10. The number of esters is 1. The van der Waals surface area contributed by atoms with Gasteiger partial charge in [-0.1, -0.05) is 22.0 Å². The van der Waals surface area contributed by atoms with Gasteiger partial charge in [0, 0.05) is 4.47 Å². The van der Waals surface area contributed by atoms with Crippen molar-refractivity contribution in [3.63, 3.8) is 0 Å². The molecule has 0 radical (unpaired) electrons. The minimum atomic E-state index is -0.425. The van der Waals surface area contributed by atoms with Gasteiger partial charge in [-0.05, 0) is 36.4 Å². The van der Waals surface area contributed by atoms with E-state index in [4.69, 9.17) is 16.5 Å². The molecule has 1 rings (SSSR count). The Morgan fingerprint density at radius 3 is 2.88 bits per heavy atom. The van der Waals surface area contributed by atoms with Gasteiger partial charge in [0.05, 0.1) is 19.1 Å². The van der Waals surface area contributed by atoms with Crippen molar-refractivity contribution in [2.24, 2.45) is 0 Å². The van der Waals surface area contributed by atoms with E-state index < -0.39 is 6.04 Å². The lowest BCUT2D eigenvalue weighted by Gasteiger charge is -2.15. The van der Waals surface area contributed by atoms with E-state index >= 15 is 0 Å². The van der Waals surface area contributed by atoms with Crippen LogP contribution in [0.5, 0.6) is 0 Å². The summed E-state index contributed by atoms with van der Waals surface area (Å²) >= 11 is 8.81. The summed E-state index contributed by atoms with van der Waals surface area (Å²) in [6.45, 7) is 2.05. The molecule has 0 aliphatic carbocycles. The number of ether oxygens (including phenoxy) is 1. The summed E-state index contributed by atoms with van der Waals surface area (Å²) in [5, 5.41) is 0. The first-order chi connectivity index (χ1) is 8.08. The van der Waals surface area contributed by atoms with Crippen molar-refractivity contribution in [1.29, 1.82) is 0 Å². The maximum atomic E-state index is 12.9. The van der Waals surface area contributed by atoms with Gasteiger partial charge in [-0.15, -0.1) is 0 Å². The van der Waals surface area contributed by atoms with Gasteiger partial charge in [0.25, 0.3) is 0 Å². The molecule has 0 amide bonds. The predicted octanol–water partition coefficient (Wildman–Crippen LogP) is 3.33. The molecule has 0 saturated heterocycles. The molecule has 94 valence electrons. The maximum Gasteiger partial charge on any atom is 0.307 e. The van der Waals surface area contributed by atoms with Crippen LogP contribution in [0.3, 0.4) is 0 Å². The number of carbonyl (C=O) groups excluding carboxylic acids is 1. The van der Waals surface area contributed by atoms with Crippen LogP contribution in [-0.2, 0) is 9.53 Å². The normalized spacial score (nSPS) is 12.2. The summed E-state index contributed by atoms with van der Waals surface area (Å²) in [4.78, 5) is 13.8. The Morgan fingerprint density at radius 1 is 1.65 bits per heavy atom. The summed E-state index contributed by atoms with van der Waals surface area (Å²) in [6.07, 6.45) is 0.0849. The zero-order chi connectivity index (χ0) is 12.8. The van der Waals surface area contributed by atoms with E-state index in [0.29, 0.717) is 16.6 Å². The zero-order valence-electron chi connectivity index (χ0n) is 9.17. The largest absolute Gasteiger partial charge is 0.466 e. The van der Waals surface area contributed by atoms with Gasteiger partial charge >= 0.3 is 5.97 Å². The molecule has 0 aliphatic heterocycles. The molecule has 0 fully saturated rings. The molecule has 0 saturated carbocycles. The fourth-order valence-corrected chi connectivity index (χ4v) is 2.20. The van der Waals surface area contributed by atoms with E-state index in [-0.39, 0.29) is 18.2 Å². The fraction of sp³-hybridized carbons (Fsp3) is 0.364. The number of hydrogen-bond donors (Lipinski definition) is 1. The number of benzene rings is 1. The molecular formula is C11H12BrClFNO2. The molecule has 0 heterocycles. The van der Waals surface area contributed by atoms with Crippen LogP contribution in [0.1, 0.15) is 24.9 Å².